The minimum atomic E-state index is -0.611. The number of hydrogen-bond donors (Lipinski definition) is 0. The molecule has 112 valence electrons. The van der Waals surface area contributed by atoms with E-state index in [0.717, 1.165) is 0 Å². The van der Waals surface area contributed by atoms with E-state index in [2.05, 4.69) is 74.5 Å². The van der Waals surface area contributed by atoms with Crippen molar-refractivity contribution in [2.75, 3.05) is 0 Å². The van der Waals surface area contributed by atoms with Gasteiger partial charge in [-0.1, -0.05) is 100 Å². The molecular formula is C20H28BNa. The van der Waals surface area contributed by atoms with Gasteiger partial charge in [-0.25, -0.2) is 10.9 Å². The largest absolute Gasteiger partial charge is 1.00 e. The third-order valence-electron chi connectivity index (χ3n) is 4.98. The van der Waals surface area contributed by atoms with Crippen molar-refractivity contribution in [3.8, 4) is 0 Å². The molecule has 0 atom stereocenters. The third-order valence-corrected chi connectivity index (χ3v) is 4.98. The average molecular weight is 302 g/mol. The van der Waals surface area contributed by atoms with Crippen LogP contribution in [0, 0.1) is 0 Å². The standard InChI is InChI=1S/C20H28B.Na/c1-3-5-17-21(18-6-4-2,19-13-9-7-10-14-19)20-15-11-8-12-16-20;/h7-16H,3-6,17-18H2,1-2H3;/q-1;+1. The Morgan fingerprint density at radius 3 is 1.32 bits per heavy atom. The van der Waals surface area contributed by atoms with Gasteiger partial charge in [-0.15, -0.1) is 0 Å². The molecule has 0 aliphatic heterocycles. The smallest absolute Gasteiger partial charge is 0.205 e. The van der Waals surface area contributed by atoms with E-state index in [4.69, 9.17) is 0 Å². The van der Waals surface area contributed by atoms with E-state index < -0.39 is 6.15 Å². The van der Waals surface area contributed by atoms with Crippen LogP contribution in [0.5, 0.6) is 0 Å². The van der Waals surface area contributed by atoms with Gasteiger partial charge >= 0.3 is 29.6 Å². The van der Waals surface area contributed by atoms with Crippen LogP contribution in [-0.4, -0.2) is 6.15 Å². The molecule has 2 rings (SSSR count). The number of benzene rings is 2. The summed E-state index contributed by atoms with van der Waals surface area (Å²) in [6, 6.07) is 22.5. The molecule has 2 aromatic rings. The zero-order chi connectivity index (χ0) is 15.0. The van der Waals surface area contributed by atoms with Crippen LogP contribution < -0.4 is 40.5 Å². The molecular weight excluding hydrogens is 274 g/mol. The zero-order valence-corrected chi connectivity index (χ0v) is 16.6. The van der Waals surface area contributed by atoms with Crippen molar-refractivity contribution in [2.45, 2.75) is 52.2 Å². The normalized spacial score (nSPS) is 11.0. The van der Waals surface area contributed by atoms with Crippen molar-refractivity contribution < 1.29 is 29.6 Å². The van der Waals surface area contributed by atoms with Crippen molar-refractivity contribution in [3.63, 3.8) is 0 Å². The number of rotatable bonds is 8. The Morgan fingerprint density at radius 2 is 1.00 bits per heavy atom. The third kappa shape index (κ3) is 4.75. The maximum Gasteiger partial charge on any atom is 1.00 e. The van der Waals surface area contributed by atoms with Crippen molar-refractivity contribution >= 4 is 17.1 Å². The summed E-state index contributed by atoms with van der Waals surface area (Å²) in [5.41, 5.74) is 3.09. The molecule has 0 unspecified atom stereocenters. The Bertz CT molecular complexity index is 460. The van der Waals surface area contributed by atoms with Gasteiger partial charge in [-0.05, 0) is 0 Å². The van der Waals surface area contributed by atoms with Gasteiger partial charge in [-0.3, -0.25) is 0 Å². The molecule has 0 radical (unpaired) electrons. The molecule has 0 aliphatic carbocycles. The Morgan fingerprint density at radius 1 is 0.636 bits per heavy atom. The van der Waals surface area contributed by atoms with Crippen LogP contribution in [0.3, 0.4) is 0 Å². The van der Waals surface area contributed by atoms with Crippen LogP contribution in [0.2, 0.25) is 12.6 Å². The van der Waals surface area contributed by atoms with Gasteiger partial charge in [0.25, 0.3) is 0 Å². The zero-order valence-electron chi connectivity index (χ0n) is 14.6. The molecule has 0 fully saturated rings. The fourth-order valence-corrected chi connectivity index (χ4v) is 3.75. The predicted octanol–water partition coefficient (Wildman–Crippen LogP) is 1.85. The first-order chi connectivity index (χ1) is 10.3. The summed E-state index contributed by atoms with van der Waals surface area (Å²) < 4.78 is 0. The summed E-state index contributed by atoms with van der Waals surface area (Å²) in [5.74, 6) is 0. The van der Waals surface area contributed by atoms with E-state index in [1.165, 1.54) is 38.3 Å². The molecule has 0 amide bonds. The minimum Gasteiger partial charge on any atom is -0.205 e. The second kappa shape index (κ2) is 10.3. The molecule has 0 heterocycles. The van der Waals surface area contributed by atoms with E-state index >= 15 is 0 Å². The number of unbranched alkanes of at least 4 members (excludes halogenated alkanes) is 2. The van der Waals surface area contributed by atoms with Crippen molar-refractivity contribution in [2.24, 2.45) is 0 Å². The summed E-state index contributed by atoms with van der Waals surface area (Å²) in [5, 5.41) is 0. The van der Waals surface area contributed by atoms with Gasteiger partial charge in [0.15, 0.2) is 0 Å². The van der Waals surface area contributed by atoms with Gasteiger partial charge < -0.3 is 0 Å². The van der Waals surface area contributed by atoms with Crippen LogP contribution in [0.25, 0.3) is 0 Å². The second-order valence-electron chi connectivity index (χ2n) is 6.36. The quantitative estimate of drug-likeness (QED) is 0.653. The molecule has 0 N–H and O–H groups in total. The Kier molecular flexibility index (Phi) is 9.16. The van der Waals surface area contributed by atoms with Crippen LogP contribution >= 0.6 is 0 Å². The number of hydrogen-bond acceptors (Lipinski definition) is 0. The second-order valence-corrected chi connectivity index (χ2v) is 6.36. The fourth-order valence-electron chi connectivity index (χ4n) is 3.75. The summed E-state index contributed by atoms with van der Waals surface area (Å²) in [6.07, 6.45) is 7.18. The Hall–Kier alpha value is -0.495. The van der Waals surface area contributed by atoms with Crippen LogP contribution in [0.4, 0.5) is 0 Å². The van der Waals surface area contributed by atoms with E-state index in [9.17, 15) is 0 Å². The van der Waals surface area contributed by atoms with E-state index in [-0.39, 0.29) is 29.6 Å². The molecule has 0 saturated carbocycles. The molecule has 2 aromatic carbocycles. The van der Waals surface area contributed by atoms with Gasteiger partial charge in [0.05, 0.1) is 6.15 Å². The van der Waals surface area contributed by atoms with Crippen molar-refractivity contribution in [1.29, 1.82) is 0 Å². The minimum absolute atomic E-state index is 0. The predicted molar refractivity (Wildman–Crippen MR) is 97.3 cm³/mol. The molecule has 0 nitrogen and oxygen atoms in total. The van der Waals surface area contributed by atoms with Crippen LogP contribution in [-0.2, 0) is 0 Å². The molecule has 0 bridgehead atoms. The first-order valence-corrected chi connectivity index (χ1v) is 8.63. The van der Waals surface area contributed by atoms with E-state index in [1.807, 2.05) is 0 Å². The van der Waals surface area contributed by atoms with Gasteiger partial charge in [-0.2, -0.15) is 12.6 Å². The first kappa shape index (κ1) is 19.6. The Balaban J connectivity index is 0.00000242. The van der Waals surface area contributed by atoms with Crippen molar-refractivity contribution in [3.05, 3.63) is 60.7 Å². The monoisotopic (exact) mass is 302 g/mol. The van der Waals surface area contributed by atoms with Gasteiger partial charge in [0.2, 0.25) is 0 Å². The molecule has 0 saturated heterocycles. The van der Waals surface area contributed by atoms with Crippen LogP contribution in [0.1, 0.15) is 39.5 Å². The molecule has 0 spiro atoms. The summed E-state index contributed by atoms with van der Waals surface area (Å²) >= 11 is 0. The summed E-state index contributed by atoms with van der Waals surface area (Å²) in [4.78, 5) is 0. The maximum atomic E-state index is 2.35. The SMILES string of the molecule is CCCC[B-](CCCC)(c1ccccc1)c1ccccc1.[Na+]. The molecule has 2 heteroatoms. The van der Waals surface area contributed by atoms with Gasteiger partial charge in [0, 0.05) is 0 Å². The maximum absolute atomic E-state index is 2.35. The summed E-state index contributed by atoms with van der Waals surface area (Å²) in [7, 11) is 0. The van der Waals surface area contributed by atoms with Crippen LogP contribution in [0.15, 0.2) is 60.7 Å². The first-order valence-electron chi connectivity index (χ1n) is 8.63. The molecule has 0 aromatic heterocycles. The molecule has 0 aliphatic rings. The van der Waals surface area contributed by atoms with E-state index in [1.54, 1.807) is 10.9 Å². The fraction of sp³-hybridized carbons (Fsp3) is 0.400. The topological polar surface area (TPSA) is 0 Å². The van der Waals surface area contributed by atoms with Crippen molar-refractivity contribution in [1.82, 2.24) is 0 Å². The van der Waals surface area contributed by atoms with E-state index in [0.29, 0.717) is 0 Å². The summed E-state index contributed by atoms with van der Waals surface area (Å²) in [6.45, 7) is 4.60. The molecule has 22 heavy (non-hydrogen) atoms. The Labute approximate surface area is 158 Å². The van der Waals surface area contributed by atoms with Gasteiger partial charge in [0.1, 0.15) is 0 Å². The average Bonchev–Trinajstić information content (AvgIpc) is 2.57.